The van der Waals surface area contributed by atoms with Gasteiger partial charge < -0.3 is 15.4 Å². The Labute approximate surface area is 99.2 Å². The van der Waals surface area contributed by atoms with E-state index in [1.807, 2.05) is 7.05 Å². The fourth-order valence-corrected chi connectivity index (χ4v) is 0.780. The molecule has 1 amide bonds. The Morgan fingerprint density at radius 1 is 1.31 bits per heavy atom. The van der Waals surface area contributed by atoms with Crippen LogP contribution in [0, 0.1) is 5.92 Å². The predicted molar refractivity (Wildman–Crippen MR) is 67.3 cm³/mol. The molecule has 96 valence electrons. The first kappa shape index (κ1) is 17.5. The number of carbonyl (C=O) groups excluding carboxylic acids is 2. The van der Waals surface area contributed by atoms with Crippen LogP contribution in [0.1, 0.15) is 40.5 Å². The topological polar surface area (TPSA) is 58.2 Å². The molecular weight excluding hydrogens is 204 g/mol. The predicted octanol–water partition coefficient (Wildman–Crippen LogP) is 1.35. The normalized spacial score (nSPS) is 11.4. The molecule has 0 aromatic carbocycles. The molecule has 4 heteroatoms. The second-order valence-corrected chi connectivity index (χ2v) is 4.13. The van der Waals surface area contributed by atoms with Crippen LogP contribution in [-0.2, 0) is 9.59 Å². The molecule has 4 nitrogen and oxygen atoms in total. The van der Waals surface area contributed by atoms with E-state index in [-0.39, 0.29) is 11.9 Å². The molecule has 0 heterocycles. The summed E-state index contributed by atoms with van der Waals surface area (Å²) in [6.45, 7) is 8.94. The van der Waals surface area contributed by atoms with Crippen molar-refractivity contribution in [3.8, 4) is 0 Å². The van der Waals surface area contributed by atoms with E-state index in [0.717, 1.165) is 19.3 Å². The maximum Gasteiger partial charge on any atom is 0.220 e. The minimum atomic E-state index is -0.357. The van der Waals surface area contributed by atoms with Crippen LogP contribution in [-0.4, -0.2) is 31.8 Å². The van der Waals surface area contributed by atoms with Gasteiger partial charge in [-0.05, 0) is 32.9 Å². The minimum Gasteiger partial charge on any atom is -0.347 e. The van der Waals surface area contributed by atoms with Gasteiger partial charge in [-0.1, -0.05) is 20.8 Å². The molecule has 2 N–H and O–H groups in total. The highest BCUT2D eigenvalue weighted by atomic mass is 16.2. The van der Waals surface area contributed by atoms with E-state index in [1.54, 1.807) is 6.92 Å². The summed E-state index contributed by atoms with van der Waals surface area (Å²) in [6, 6.07) is -0.357. The molecule has 0 rings (SSSR count). The van der Waals surface area contributed by atoms with Crippen LogP contribution in [0.4, 0.5) is 0 Å². The molecule has 0 radical (unpaired) electrons. The summed E-state index contributed by atoms with van der Waals surface area (Å²) in [7, 11) is 1.93. The summed E-state index contributed by atoms with van der Waals surface area (Å²) in [5, 5.41) is 5.51. The van der Waals surface area contributed by atoms with Crippen molar-refractivity contribution >= 4 is 12.2 Å². The molecule has 0 fully saturated rings. The maximum absolute atomic E-state index is 11.0. The largest absolute Gasteiger partial charge is 0.347 e. The molecule has 1 atom stereocenters. The zero-order valence-electron chi connectivity index (χ0n) is 11.2. The Bertz CT molecular complexity index is 180. The molecular formula is C12H26N2O2. The van der Waals surface area contributed by atoms with Crippen molar-refractivity contribution < 1.29 is 9.59 Å². The SMILES string of the molecule is CC(C)CCC(=O)NC(C)C=O.CCNC. The second kappa shape index (κ2) is 12.2. The molecule has 0 aromatic rings. The molecule has 0 saturated carbocycles. The minimum absolute atomic E-state index is 0.0386. The van der Waals surface area contributed by atoms with Gasteiger partial charge in [-0.15, -0.1) is 0 Å². The number of carbonyl (C=O) groups is 2. The quantitative estimate of drug-likeness (QED) is 0.677. The Hall–Kier alpha value is -0.900. The van der Waals surface area contributed by atoms with E-state index in [1.165, 1.54) is 0 Å². The Morgan fingerprint density at radius 3 is 2.12 bits per heavy atom. The standard InChI is InChI=1S/C9H17NO2.C3H9N/c1-7(2)4-5-9(12)10-8(3)6-11;1-3-4-2/h6-8H,4-5H2,1-3H3,(H,10,12);4H,3H2,1-2H3. The smallest absolute Gasteiger partial charge is 0.220 e. The van der Waals surface area contributed by atoms with Gasteiger partial charge in [0, 0.05) is 6.42 Å². The van der Waals surface area contributed by atoms with E-state index in [4.69, 9.17) is 0 Å². The van der Waals surface area contributed by atoms with Crippen LogP contribution in [0.15, 0.2) is 0 Å². The van der Waals surface area contributed by atoms with Crippen molar-refractivity contribution in [1.29, 1.82) is 0 Å². The van der Waals surface area contributed by atoms with Crippen molar-refractivity contribution in [3.63, 3.8) is 0 Å². The number of nitrogens with one attached hydrogen (secondary N) is 2. The van der Waals surface area contributed by atoms with Gasteiger partial charge in [-0.2, -0.15) is 0 Å². The van der Waals surface area contributed by atoms with E-state index in [9.17, 15) is 9.59 Å². The first-order valence-corrected chi connectivity index (χ1v) is 5.87. The van der Waals surface area contributed by atoms with E-state index in [0.29, 0.717) is 12.3 Å². The molecule has 0 saturated heterocycles. The lowest BCUT2D eigenvalue weighted by molar-refractivity contribution is -0.124. The molecule has 16 heavy (non-hydrogen) atoms. The molecule has 0 aliphatic rings. The number of rotatable bonds is 6. The van der Waals surface area contributed by atoms with Gasteiger partial charge in [0.1, 0.15) is 6.29 Å². The summed E-state index contributed by atoms with van der Waals surface area (Å²) in [6.07, 6.45) is 2.11. The monoisotopic (exact) mass is 230 g/mol. The van der Waals surface area contributed by atoms with Gasteiger partial charge in [0.25, 0.3) is 0 Å². The van der Waals surface area contributed by atoms with Crippen molar-refractivity contribution in [2.24, 2.45) is 5.92 Å². The molecule has 0 bridgehead atoms. The summed E-state index contributed by atoms with van der Waals surface area (Å²) in [5.74, 6) is 0.491. The molecule has 0 aromatic heterocycles. The highest BCUT2D eigenvalue weighted by molar-refractivity contribution is 5.79. The fraction of sp³-hybridized carbons (Fsp3) is 0.833. The average Bonchev–Trinajstić information content (AvgIpc) is 2.26. The van der Waals surface area contributed by atoms with Crippen molar-refractivity contribution in [1.82, 2.24) is 10.6 Å². The third kappa shape index (κ3) is 15.6. The van der Waals surface area contributed by atoms with E-state index >= 15 is 0 Å². The van der Waals surface area contributed by atoms with Crippen molar-refractivity contribution in [2.45, 2.75) is 46.6 Å². The lowest BCUT2D eigenvalue weighted by Gasteiger charge is -2.08. The molecule has 0 aliphatic carbocycles. The molecule has 0 spiro atoms. The van der Waals surface area contributed by atoms with Crippen LogP contribution in [0.3, 0.4) is 0 Å². The maximum atomic E-state index is 11.0. The summed E-state index contributed by atoms with van der Waals surface area (Å²) in [4.78, 5) is 21.2. The lowest BCUT2D eigenvalue weighted by Crippen LogP contribution is -2.33. The third-order valence-corrected chi connectivity index (χ3v) is 1.90. The van der Waals surface area contributed by atoms with Crippen LogP contribution in [0.5, 0.6) is 0 Å². The lowest BCUT2D eigenvalue weighted by atomic mass is 10.1. The Morgan fingerprint density at radius 2 is 1.81 bits per heavy atom. The highest BCUT2D eigenvalue weighted by Gasteiger charge is 2.06. The van der Waals surface area contributed by atoms with Crippen LogP contribution in [0.2, 0.25) is 0 Å². The number of aldehydes is 1. The van der Waals surface area contributed by atoms with E-state index < -0.39 is 0 Å². The van der Waals surface area contributed by atoms with Gasteiger partial charge in [0.2, 0.25) is 5.91 Å². The van der Waals surface area contributed by atoms with Gasteiger partial charge in [0.05, 0.1) is 6.04 Å². The van der Waals surface area contributed by atoms with Gasteiger partial charge >= 0.3 is 0 Å². The zero-order chi connectivity index (χ0) is 13.0. The number of amides is 1. The number of hydrogen-bond acceptors (Lipinski definition) is 3. The van der Waals surface area contributed by atoms with Gasteiger partial charge in [-0.3, -0.25) is 4.79 Å². The second-order valence-electron chi connectivity index (χ2n) is 4.13. The third-order valence-electron chi connectivity index (χ3n) is 1.90. The molecule has 0 aliphatic heterocycles. The molecule has 1 unspecified atom stereocenters. The Balaban J connectivity index is 0. The first-order chi connectivity index (χ1) is 7.47. The van der Waals surface area contributed by atoms with Gasteiger partial charge in [-0.25, -0.2) is 0 Å². The fourth-order valence-electron chi connectivity index (χ4n) is 0.780. The number of hydrogen-bond donors (Lipinski definition) is 2. The van der Waals surface area contributed by atoms with Crippen molar-refractivity contribution in [3.05, 3.63) is 0 Å². The summed E-state index contributed by atoms with van der Waals surface area (Å²) >= 11 is 0. The first-order valence-electron chi connectivity index (χ1n) is 5.87. The highest BCUT2D eigenvalue weighted by Crippen LogP contribution is 2.02. The van der Waals surface area contributed by atoms with Crippen LogP contribution >= 0.6 is 0 Å². The van der Waals surface area contributed by atoms with Crippen LogP contribution in [0.25, 0.3) is 0 Å². The van der Waals surface area contributed by atoms with E-state index in [2.05, 4.69) is 31.4 Å². The summed E-state index contributed by atoms with van der Waals surface area (Å²) in [5.41, 5.74) is 0. The van der Waals surface area contributed by atoms with Crippen molar-refractivity contribution in [2.75, 3.05) is 13.6 Å². The van der Waals surface area contributed by atoms with Gasteiger partial charge in [0.15, 0.2) is 0 Å². The average molecular weight is 230 g/mol. The van der Waals surface area contributed by atoms with Crippen LogP contribution < -0.4 is 10.6 Å². The zero-order valence-corrected chi connectivity index (χ0v) is 11.2. The summed E-state index contributed by atoms with van der Waals surface area (Å²) < 4.78 is 0. The Kier molecular flexibility index (Phi) is 13.3.